The Morgan fingerprint density at radius 1 is 0.861 bits per heavy atom. The van der Waals surface area contributed by atoms with Crippen LogP contribution in [0.5, 0.6) is 0 Å². The van der Waals surface area contributed by atoms with E-state index in [0.29, 0.717) is 12.8 Å². The molecule has 0 heterocycles. The van der Waals surface area contributed by atoms with Gasteiger partial charge in [0.1, 0.15) is 13.2 Å². The van der Waals surface area contributed by atoms with Crippen LogP contribution in [0, 0.1) is 10.8 Å². The fourth-order valence-corrected chi connectivity index (χ4v) is 3.59. The third-order valence-corrected chi connectivity index (χ3v) is 5.58. The van der Waals surface area contributed by atoms with Crippen LogP contribution in [0.3, 0.4) is 0 Å². The van der Waals surface area contributed by atoms with Crippen molar-refractivity contribution in [3.8, 4) is 0 Å². The number of hydrazine groups is 1. The Labute approximate surface area is 211 Å². The maximum atomic E-state index is 13.4. The molecule has 2 aromatic carbocycles. The van der Waals surface area contributed by atoms with Gasteiger partial charge in [0.25, 0.3) is 0 Å². The average molecular weight is 498 g/mol. The van der Waals surface area contributed by atoms with Crippen LogP contribution in [0.15, 0.2) is 60.7 Å². The first-order valence-corrected chi connectivity index (χ1v) is 11.5. The molecule has 0 atom stereocenters. The number of likely N-dealkylation sites (N-methyl/N-ethyl adjacent to an activating group) is 1. The number of hydrogen-bond acceptors (Lipinski definition) is 7. The summed E-state index contributed by atoms with van der Waals surface area (Å²) < 4.78 is 11.2. The Kier molecular flexibility index (Phi) is 10.7. The summed E-state index contributed by atoms with van der Waals surface area (Å²) in [6, 6.07) is 18.4. The SMILES string of the molecule is CN(C)C(CCCCN(NC(=N)N)C(=N)N)(C(=O)OCc1ccccc1)C(=O)OCc1ccccc1. The van der Waals surface area contributed by atoms with Gasteiger partial charge in [-0.2, -0.15) is 0 Å². The van der Waals surface area contributed by atoms with E-state index in [-0.39, 0.29) is 38.1 Å². The minimum absolute atomic E-state index is 0.0157. The number of unbranched alkanes of at least 4 members (excludes halogenated alkanes) is 1. The summed E-state index contributed by atoms with van der Waals surface area (Å²) >= 11 is 0. The molecule has 0 radical (unpaired) electrons. The third-order valence-electron chi connectivity index (χ3n) is 5.58. The van der Waals surface area contributed by atoms with Gasteiger partial charge in [0.15, 0.2) is 0 Å². The van der Waals surface area contributed by atoms with E-state index in [1.165, 1.54) is 9.91 Å². The molecule has 0 unspecified atom stereocenters. The predicted octanol–water partition coefficient (Wildman–Crippen LogP) is 1.54. The molecule has 0 aliphatic heterocycles. The van der Waals surface area contributed by atoms with Crippen molar-refractivity contribution in [2.24, 2.45) is 11.5 Å². The lowest BCUT2D eigenvalue weighted by atomic mass is 9.90. The van der Waals surface area contributed by atoms with E-state index in [9.17, 15) is 9.59 Å². The quantitative estimate of drug-likeness (QED) is 0.0728. The summed E-state index contributed by atoms with van der Waals surface area (Å²) in [5.74, 6) is -2.09. The van der Waals surface area contributed by atoms with Crippen molar-refractivity contribution in [3.05, 3.63) is 71.8 Å². The number of carbonyl (C=O) groups excluding carboxylic acids is 2. The first-order chi connectivity index (χ1) is 17.2. The van der Waals surface area contributed by atoms with Gasteiger partial charge in [-0.3, -0.25) is 26.2 Å². The highest BCUT2D eigenvalue weighted by atomic mass is 16.6. The van der Waals surface area contributed by atoms with Gasteiger partial charge in [0.05, 0.1) is 0 Å². The minimum atomic E-state index is -1.68. The van der Waals surface area contributed by atoms with Crippen molar-refractivity contribution in [2.45, 2.75) is 38.0 Å². The summed E-state index contributed by atoms with van der Waals surface area (Å²) in [4.78, 5) is 28.4. The highest BCUT2D eigenvalue weighted by molar-refractivity contribution is 6.05. The predicted molar refractivity (Wildman–Crippen MR) is 136 cm³/mol. The molecule has 36 heavy (non-hydrogen) atoms. The number of rotatable bonds is 12. The summed E-state index contributed by atoms with van der Waals surface area (Å²) in [6.45, 7) is 0.264. The van der Waals surface area contributed by atoms with Crippen molar-refractivity contribution in [3.63, 3.8) is 0 Å². The lowest BCUT2D eigenvalue weighted by Crippen LogP contribution is -2.59. The highest BCUT2D eigenvalue weighted by Crippen LogP contribution is 2.26. The molecular formula is C25H35N7O4. The molecule has 0 aliphatic rings. The zero-order chi connectivity index (χ0) is 26.6. The van der Waals surface area contributed by atoms with E-state index < -0.39 is 17.5 Å². The molecule has 194 valence electrons. The lowest BCUT2D eigenvalue weighted by Gasteiger charge is -2.35. The van der Waals surface area contributed by atoms with E-state index in [1.54, 1.807) is 14.1 Å². The second kappa shape index (κ2) is 13.7. The molecule has 0 saturated heterocycles. The van der Waals surface area contributed by atoms with Crippen molar-refractivity contribution in [1.29, 1.82) is 10.8 Å². The molecule has 0 spiro atoms. The summed E-state index contributed by atoms with van der Waals surface area (Å²) in [5, 5.41) is 16.2. The average Bonchev–Trinajstić information content (AvgIpc) is 2.86. The summed E-state index contributed by atoms with van der Waals surface area (Å²) in [5.41, 5.74) is 13.2. The van der Waals surface area contributed by atoms with Crippen LogP contribution >= 0.6 is 0 Å². The van der Waals surface area contributed by atoms with E-state index in [2.05, 4.69) is 5.43 Å². The van der Waals surface area contributed by atoms with Crippen LogP contribution in [-0.2, 0) is 32.3 Å². The Morgan fingerprint density at radius 3 is 1.72 bits per heavy atom. The zero-order valence-electron chi connectivity index (χ0n) is 20.7. The van der Waals surface area contributed by atoms with Crippen molar-refractivity contribution in [1.82, 2.24) is 15.3 Å². The van der Waals surface area contributed by atoms with Crippen LogP contribution in [0.1, 0.15) is 30.4 Å². The fraction of sp³-hybridized carbons (Fsp3) is 0.360. The molecule has 0 bridgehead atoms. The largest absolute Gasteiger partial charge is 0.459 e. The first-order valence-electron chi connectivity index (χ1n) is 11.5. The van der Waals surface area contributed by atoms with Gasteiger partial charge in [-0.25, -0.2) is 9.59 Å². The molecule has 0 saturated carbocycles. The van der Waals surface area contributed by atoms with Gasteiger partial charge in [-0.1, -0.05) is 60.7 Å². The molecule has 7 N–H and O–H groups in total. The Morgan fingerprint density at radius 2 is 1.33 bits per heavy atom. The smallest absolute Gasteiger partial charge is 0.338 e. The van der Waals surface area contributed by atoms with Crippen LogP contribution < -0.4 is 16.9 Å². The number of carbonyl (C=O) groups is 2. The van der Waals surface area contributed by atoms with E-state index >= 15 is 0 Å². The molecule has 2 aromatic rings. The number of nitrogens with zero attached hydrogens (tertiary/aromatic N) is 2. The van der Waals surface area contributed by atoms with E-state index in [0.717, 1.165) is 11.1 Å². The van der Waals surface area contributed by atoms with Gasteiger partial charge in [-0.05, 0) is 44.5 Å². The van der Waals surface area contributed by atoms with Crippen LogP contribution in [-0.4, -0.2) is 59.9 Å². The molecule has 2 rings (SSSR count). The van der Waals surface area contributed by atoms with Crippen LogP contribution in [0.2, 0.25) is 0 Å². The maximum Gasteiger partial charge on any atom is 0.338 e. The molecule has 11 nitrogen and oxygen atoms in total. The zero-order valence-corrected chi connectivity index (χ0v) is 20.7. The monoisotopic (exact) mass is 497 g/mol. The third kappa shape index (κ3) is 7.98. The first kappa shape index (κ1) is 28.1. The summed E-state index contributed by atoms with van der Waals surface area (Å²) in [6.07, 6.45) is 0.933. The van der Waals surface area contributed by atoms with Gasteiger partial charge in [-0.15, -0.1) is 0 Å². The van der Waals surface area contributed by atoms with Gasteiger partial charge < -0.3 is 20.9 Å². The molecule has 0 amide bonds. The summed E-state index contributed by atoms with van der Waals surface area (Å²) in [7, 11) is 3.26. The molecule has 11 heteroatoms. The molecular weight excluding hydrogens is 462 g/mol. The number of ether oxygens (including phenoxy) is 2. The van der Waals surface area contributed by atoms with Crippen molar-refractivity contribution >= 4 is 23.9 Å². The van der Waals surface area contributed by atoms with Gasteiger partial charge in [0, 0.05) is 6.54 Å². The molecule has 0 aliphatic carbocycles. The number of guanidine groups is 2. The number of nitrogens with two attached hydrogens (primary N) is 2. The number of nitrogens with one attached hydrogen (secondary N) is 3. The Balaban J connectivity index is 2.17. The topological polar surface area (TPSA) is 171 Å². The van der Waals surface area contributed by atoms with Crippen molar-refractivity contribution < 1.29 is 19.1 Å². The second-order valence-electron chi connectivity index (χ2n) is 8.40. The highest BCUT2D eigenvalue weighted by Gasteiger charge is 2.51. The standard InChI is InChI=1S/C25H35N7O4/c1-31(2)25(21(33)35-17-19-11-5-3-6-12-19,22(34)36-18-20-13-7-4-8-14-20)15-9-10-16-32(24(28)29)30-23(26)27/h3-8,11-14H,9-10,15-18H2,1-2H3,(H3,28,29)(H4,26,27,30). The number of hydrogen-bond donors (Lipinski definition) is 5. The lowest BCUT2D eigenvalue weighted by molar-refractivity contribution is -0.176. The van der Waals surface area contributed by atoms with Crippen LogP contribution in [0.25, 0.3) is 0 Å². The fourth-order valence-electron chi connectivity index (χ4n) is 3.59. The van der Waals surface area contributed by atoms with E-state index in [1.807, 2.05) is 60.7 Å². The Hall–Kier alpha value is -4.12. The number of esters is 2. The molecule has 0 aromatic heterocycles. The number of benzene rings is 2. The minimum Gasteiger partial charge on any atom is -0.459 e. The van der Waals surface area contributed by atoms with E-state index in [4.69, 9.17) is 31.8 Å². The van der Waals surface area contributed by atoms with Gasteiger partial charge >= 0.3 is 11.9 Å². The van der Waals surface area contributed by atoms with Crippen LogP contribution in [0.4, 0.5) is 0 Å². The second-order valence-corrected chi connectivity index (χ2v) is 8.40. The molecule has 0 fully saturated rings. The Bertz CT molecular complexity index is 960. The maximum absolute atomic E-state index is 13.4. The van der Waals surface area contributed by atoms with Crippen molar-refractivity contribution in [2.75, 3.05) is 20.6 Å². The normalized spacial score (nSPS) is 11.0. The van der Waals surface area contributed by atoms with Gasteiger partial charge in [0.2, 0.25) is 17.5 Å².